The van der Waals surface area contributed by atoms with Crippen LogP contribution in [0.15, 0.2) is 18.2 Å². The number of hydrogen-bond acceptors (Lipinski definition) is 3. The van der Waals surface area contributed by atoms with Gasteiger partial charge in [-0.05, 0) is 42.4 Å². The number of hydrogen-bond donors (Lipinski definition) is 1. The summed E-state index contributed by atoms with van der Waals surface area (Å²) in [6.45, 7) is 5.20. The maximum absolute atomic E-state index is 11.8. The van der Waals surface area contributed by atoms with Gasteiger partial charge in [0.1, 0.15) is 0 Å². The first-order valence-corrected chi connectivity index (χ1v) is 7.05. The Morgan fingerprint density at radius 2 is 2.21 bits per heavy atom. The molecule has 1 aromatic rings. The van der Waals surface area contributed by atoms with E-state index >= 15 is 0 Å². The van der Waals surface area contributed by atoms with Crippen molar-refractivity contribution in [2.24, 2.45) is 11.8 Å². The van der Waals surface area contributed by atoms with Gasteiger partial charge in [-0.15, -0.1) is 0 Å². The average molecular weight is 261 g/mol. The highest BCUT2D eigenvalue weighted by atomic mass is 16.5. The topological polar surface area (TPSA) is 38.3 Å². The number of fused-ring (bicyclic) bond motifs is 1. The van der Waals surface area contributed by atoms with Gasteiger partial charge in [-0.25, -0.2) is 0 Å². The monoisotopic (exact) mass is 261 g/mol. The van der Waals surface area contributed by atoms with Crippen molar-refractivity contribution in [3.63, 3.8) is 0 Å². The van der Waals surface area contributed by atoms with Gasteiger partial charge in [0.2, 0.25) is 0 Å². The molecule has 0 radical (unpaired) electrons. The van der Waals surface area contributed by atoms with E-state index in [1.807, 2.05) is 0 Å². The third kappa shape index (κ3) is 3.28. The molecule has 3 heteroatoms. The van der Waals surface area contributed by atoms with Crippen molar-refractivity contribution in [1.29, 1.82) is 0 Å². The molecule has 0 aromatic heterocycles. The van der Waals surface area contributed by atoms with Gasteiger partial charge in [0, 0.05) is 12.2 Å². The molecule has 1 aliphatic rings. The minimum Gasteiger partial charge on any atom is -0.469 e. The number of anilines is 1. The van der Waals surface area contributed by atoms with Crippen molar-refractivity contribution in [3.8, 4) is 0 Å². The quantitative estimate of drug-likeness (QED) is 0.847. The normalized spacial score (nSPS) is 15.6. The molecule has 3 nitrogen and oxygen atoms in total. The first kappa shape index (κ1) is 13.9. The predicted molar refractivity (Wildman–Crippen MR) is 77.3 cm³/mol. The van der Waals surface area contributed by atoms with Crippen molar-refractivity contribution >= 4 is 11.7 Å². The summed E-state index contributed by atoms with van der Waals surface area (Å²) in [5.74, 6) is 0.132. The van der Waals surface area contributed by atoms with Crippen LogP contribution in [0.4, 0.5) is 5.69 Å². The number of esters is 1. The molecule has 0 saturated carbocycles. The highest BCUT2D eigenvalue weighted by molar-refractivity contribution is 5.73. The van der Waals surface area contributed by atoms with E-state index in [1.54, 1.807) is 0 Å². The minimum atomic E-state index is -0.106. The van der Waals surface area contributed by atoms with E-state index in [2.05, 4.69) is 37.4 Å². The molecule has 1 heterocycles. The van der Waals surface area contributed by atoms with E-state index in [0.717, 1.165) is 19.4 Å². The molecule has 0 amide bonds. The summed E-state index contributed by atoms with van der Waals surface area (Å²) < 4.78 is 4.91. The summed E-state index contributed by atoms with van der Waals surface area (Å²) in [5, 5.41) is 3.41. The van der Waals surface area contributed by atoms with Crippen molar-refractivity contribution in [1.82, 2.24) is 0 Å². The molecule has 2 rings (SSSR count). The zero-order valence-electron chi connectivity index (χ0n) is 12.0. The number of carbonyl (C=O) groups excluding carboxylic acids is 1. The fourth-order valence-electron chi connectivity index (χ4n) is 2.65. The van der Waals surface area contributed by atoms with Crippen molar-refractivity contribution in [2.75, 3.05) is 19.0 Å². The van der Waals surface area contributed by atoms with Gasteiger partial charge < -0.3 is 10.1 Å². The first-order chi connectivity index (χ1) is 9.11. The lowest BCUT2D eigenvalue weighted by Gasteiger charge is -2.21. The van der Waals surface area contributed by atoms with Crippen molar-refractivity contribution < 1.29 is 9.53 Å². The Morgan fingerprint density at radius 1 is 1.42 bits per heavy atom. The highest BCUT2D eigenvalue weighted by Gasteiger charge is 2.23. The molecule has 0 saturated heterocycles. The zero-order chi connectivity index (χ0) is 13.8. The van der Waals surface area contributed by atoms with Crippen LogP contribution in [0.3, 0.4) is 0 Å². The van der Waals surface area contributed by atoms with Crippen LogP contribution >= 0.6 is 0 Å². The number of aryl methyl sites for hydroxylation is 1. The second-order valence-electron chi connectivity index (χ2n) is 5.60. The number of methoxy groups -OCH3 is 1. The lowest BCUT2D eigenvalue weighted by molar-refractivity contribution is -0.146. The molecule has 1 unspecified atom stereocenters. The molecule has 1 N–H and O–H groups in total. The van der Waals surface area contributed by atoms with Crippen LogP contribution in [0.1, 0.15) is 31.4 Å². The van der Waals surface area contributed by atoms with Crippen LogP contribution in [-0.4, -0.2) is 19.6 Å². The molecule has 1 atom stereocenters. The van der Waals surface area contributed by atoms with E-state index < -0.39 is 0 Å². The van der Waals surface area contributed by atoms with Gasteiger partial charge in [-0.2, -0.15) is 0 Å². The van der Waals surface area contributed by atoms with Crippen LogP contribution in [0.5, 0.6) is 0 Å². The Balaban J connectivity index is 2.15. The van der Waals surface area contributed by atoms with Crippen LogP contribution in [0.25, 0.3) is 0 Å². The lowest BCUT2D eigenvalue weighted by Crippen LogP contribution is -2.24. The van der Waals surface area contributed by atoms with Gasteiger partial charge in [-0.1, -0.05) is 26.0 Å². The Bertz CT molecular complexity index is 454. The van der Waals surface area contributed by atoms with Gasteiger partial charge >= 0.3 is 5.97 Å². The lowest BCUT2D eigenvalue weighted by atomic mass is 9.88. The Morgan fingerprint density at radius 3 is 2.89 bits per heavy atom. The average Bonchev–Trinajstić information content (AvgIpc) is 2.43. The second-order valence-corrected chi connectivity index (χ2v) is 5.60. The van der Waals surface area contributed by atoms with Crippen molar-refractivity contribution in [3.05, 3.63) is 29.3 Å². The maximum Gasteiger partial charge on any atom is 0.309 e. The summed E-state index contributed by atoms with van der Waals surface area (Å²) in [7, 11) is 1.47. The Kier molecular flexibility index (Phi) is 4.46. The van der Waals surface area contributed by atoms with Crippen LogP contribution in [-0.2, 0) is 22.4 Å². The molecule has 0 bridgehead atoms. The number of carbonyl (C=O) groups is 1. The molecule has 0 spiro atoms. The molecule has 1 aliphatic heterocycles. The molecule has 0 aliphatic carbocycles. The van der Waals surface area contributed by atoms with Gasteiger partial charge in [0.05, 0.1) is 13.0 Å². The number of nitrogens with one attached hydrogen (secondary N) is 1. The predicted octanol–water partition coefficient (Wildman–Crippen LogP) is 3.03. The fourth-order valence-corrected chi connectivity index (χ4v) is 2.65. The van der Waals surface area contributed by atoms with Crippen LogP contribution in [0.2, 0.25) is 0 Å². The van der Waals surface area contributed by atoms with Crippen molar-refractivity contribution in [2.45, 2.75) is 33.1 Å². The first-order valence-electron chi connectivity index (χ1n) is 7.05. The Labute approximate surface area is 115 Å². The third-order valence-electron chi connectivity index (χ3n) is 3.87. The molecule has 104 valence electrons. The fraction of sp³-hybridized carbons (Fsp3) is 0.562. The van der Waals surface area contributed by atoms with E-state index in [-0.39, 0.29) is 11.9 Å². The summed E-state index contributed by atoms with van der Waals surface area (Å²) >= 11 is 0. The summed E-state index contributed by atoms with van der Waals surface area (Å²) in [5.41, 5.74) is 3.84. The smallest absolute Gasteiger partial charge is 0.309 e. The minimum absolute atomic E-state index is 0.0559. The van der Waals surface area contributed by atoms with Crippen LogP contribution < -0.4 is 5.32 Å². The second kappa shape index (κ2) is 6.09. The zero-order valence-corrected chi connectivity index (χ0v) is 12.0. The molecular weight excluding hydrogens is 238 g/mol. The van der Waals surface area contributed by atoms with Crippen LogP contribution in [0, 0.1) is 11.8 Å². The van der Waals surface area contributed by atoms with Gasteiger partial charge in [-0.3, -0.25) is 4.79 Å². The standard InChI is InChI=1S/C16H23NO2/c1-11(2)14(16(18)19-3)10-12-6-7-15-13(9-12)5-4-8-17-15/h6-7,9,11,14,17H,4-5,8,10H2,1-3H3. The summed E-state index contributed by atoms with van der Waals surface area (Å²) in [6.07, 6.45) is 3.07. The van der Waals surface area contributed by atoms with E-state index in [0.29, 0.717) is 5.92 Å². The molecule has 1 aromatic carbocycles. The summed E-state index contributed by atoms with van der Waals surface area (Å²) in [4.78, 5) is 11.8. The SMILES string of the molecule is COC(=O)C(Cc1ccc2c(c1)CCCN2)C(C)C. The van der Waals surface area contributed by atoms with Gasteiger partial charge in [0.25, 0.3) is 0 Å². The molecule has 0 fully saturated rings. The number of rotatable bonds is 4. The van der Waals surface area contributed by atoms with E-state index in [4.69, 9.17) is 4.74 Å². The maximum atomic E-state index is 11.8. The van der Waals surface area contributed by atoms with Gasteiger partial charge in [0.15, 0.2) is 0 Å². The highest BCUT2D eigenvalue weighted by Crippen LogP contribution is 2.26. The Hall–Kier alpha value is -1.51. The summed E-state index contributed by atoms with van der Waals surface area (Å²) in [6, 6.07) is 6.49. The third-order valence-corrected chi connectivity index (χ3v) is 3.87. The molecular formula is C16H23NO2. The van der Waals surface area contributed by atoms with E-state index in [9.17, 15) is 4.79 Å². The number of ether oxygens (including phenoxy) is 1. The largest absolute Gasteiger partial charge is 0.469 e. The number of benzene rings is 1. The van der Waals surface area contributed by atoms with E-state index in [1.165, 1.54) is 30.3 Å². The molecule has 19 heavy (non-hydrogen) atoms.